The fourth-order valence-corrected chi connectivity index (χ4v) is 2.96. The van der Waals surface area contributed by atoms with Crippen molar-refractivity contribution in [1.82, 2.24) is 5.32 Å². The average molecular weight is 328 g/mol. The molecule has 1 amide bonds. The second kappa shape index (κ2) is 7.04. The van der Waals surface area contributed by atoms with E-state index in [9.17, 15) is 9.18 Å². The van der Waals surface area contributed by atoms with E-state index in [1.807, 2.05) is 0 Å². The van der Waals surface area contributed by atoms with Crippen molar-refractivity contribution in [2.45, 2.75) is 36.9 Å². The summed E-state index contributed by atoms with van der Waals surface area (Å²) in [6.07, 6.45) is 5.06. The van der Waals surface area contributed by atoms with Gasteiger partial charge < -0.3 is 5.32 Å². The highest BCUT2D eigenvalue weighted by Crippen LogP contribution is 2.28. The van der Waals surface area contributed by atoms with Crippen LogP contribution in [0.1, 0.15) is 31.2 Å². The van der Waals surface area contributed by atoms with Crippen LogP contribution in [0.15, 0.2) is 24.3 Å². The average Bonchev–Trinajstić information content (AvgIpc) is 2.41. The number of halogens is 2. The summed E-state index contributed by atoms with van der Waals surface area (Å²) < 4.78 is 12.7. The zero-order chi connectivity index (χ0) is 13.7. The Hall–Kier alpha value is -0.900. The normalized spacial score (nSPS) is 23.1. The minimum atomic E-state index is -0.268. The van der Waals surface area contributed by atoms with E-state index in [0.29, 0.717) is 17.2 Å². The fourth-order valence-electron chi connectivity index (χ4n) is 2.43. The summed E-state index contributed by atoms with van der Waals surface area (Å²) in [6, 6.07) is 6.09. The summed E-state index contributed by atoms with van der Waals surface area (Å²) in [4.78, 5) is 12.4. The summed E-state index contributed by atoms with van der Waals surface area (Å²) in [5.74, 6) is 0.356. The van der Waals surface area contributed by atoms with Crippen molar-refractivity contribution in [3.63, 3.8) is 0 Å². The van der Waals surface area contributed by atoms with Crippen molar-refractivity contribution < 1.29 is 9.18 Å². The first kappa shape index (κ1) is 14.5. The summed E-state index contributed by atoms with van der Waals surface area (Å²) >= 11 is 3.63. The summed E-state index contributed by atoms with van der Waals surface area (Å²) in [5.41, 5.74) is 0.850. The van der Waals surface area contributed by atoms with Gasteiger partial charge in [-0.25, -0.2) is 4.39 Å². The molecule has 0 heterocycles. The second-order valence-electron chi connectivity index (χ2n) is 5.23. The summed E-state index contributed by atoms with van der Waals surface area (Å²) in [6.45, 7) is 0.764. The van der Waals surface area contributed by atoms with Crippen LogP contribution in [0.4, 0.5) is 4.39 Å². The maximum atomic E-state index is 12.7. The number of nitrogens with one attached hydrogen (secondary N) is 1. The van der Waals surface area contributed by atoms with Crippen molar-refractivity contribution in [3.8, 4) is 0 Å². The summed E-state index contributed by atoms with van der Waals surface area (Å²) in [7, 11) is 0. The van der Waals surface area contributed by atoms with Gasteiger partial charge in [0, 0.05) is 11.4 Å². The molecule has 1 aromatic rings. The van der Waals surface area contributed by atoms with E-state index in [2.05, 4.69) is 21.2 Å². The van der Waals surface area contributed by atoms with Crippen molar-refractivity contribution in [1.29, 1.82) is 0 Å². The highest BCUT2D eigenvalue weighted by molar-refractivity contribution is 9.09. The Kier molecular flexibility index (Phi) is 5.37. The monoisotopic (exact) mass is 327 g/mol. The Labute approximate surface area is 121 Å². The third kappa shape index (κ3) is 4.94. The van der Waals surface area contributed by atoms with Gasteiger partial charge in [0.25, 0.3) is 0 Å². The van der Waals surface area contributed by atoms with Crippen molar-refractivity contribution >= 4 is 21.8 Å². The molecule has 0 atom stereocenters. The molecule has 0 radical (unpaired) electrons. The molecule has 2 nitrogen and oxygen atoms in total. The van der Waals surface area contributed by atoms with Crippen LogP contribution in [0.25, 0.3) is 0 Å². The largest absolute Gasteiger partial charge is 0.356 e. The Morgan fingerprint density at radius 3 is 2.47 bits per heavy atom. The third-order valence-electron chi connectivity index (χ3n) is 3.64. The van der Waals surface area contributed by atoms with Crippen LogP contribution in [-0.2, 0) is 11.2 Å². The molecular weight excluding hydrogens is 309 g/mol. The predicted octanol–water partition coefficient (Wildman–Crippen LogP) is 3.44. The molecule has 0 unspecified atom stereocenters. The lowest BCUT2D eigenvalue weighted by molar-refractivity contribution is -0.120. The molecule has 0 bridgehead atoms. The van der Waals surface area contributed by atoms with Crippen LogP contribution in [0.3, 0.4) is 0 Å². The number of rotatable bonds is 4. The van der Waals surface area contributed by atoms with E-state index >= 15 is 0 Å². The molecule has 1 saturated carbocycles. The van der Waals surface area contributed by atoms with E-state index in [4.69, 9.17) is 0 Å². The van der Waals surface area contributed by atoms with E-state index < -0.39 is 0 Å². The van der Waals surface area contributed by atoms with Crippen LogP contribution in [0.5, 0.6) is 0 Å². The minimum Gasteiger partial charge on any atom is -0.356 e. The maximum absolute atomic E-state index is 12.7. The van der Waals surface area contributed by atoms with Gasteiger partial charge in [-0.05, 0) is 49.3 Å². The molecule has 0 saturated heterocycles. The molecule has 1 N–H and O–H groups in total. The number of amides is 1. The number of hydrogen-bond donors (Lipinski definition) is 1. The number of hydrogen-bond acceptors (Lipinski definition) is 1. The summed E-state index contributed by atoms with van der Waals surface area (Å²) in [5, 5.41) is 2.98. The molecule has 0 aromatic heterocycles. The predicted molar refractivity (Wildman–Crippen MR) is 77.8 cm³/mol. The highest BCUT2D eigenvalue weighted by Gasteiger charge is 2.19. The Morgan fingerprint density at radius 2 is 1.84 bits per heavy atom. The Balaban J connectivity index is 1.71. The quantitative estimate of drug-likeness (QED) is 0.843. The van der Waals surface area contributed by atoms with Crippen LogP contribution in [-0.4, -0.2) is 17.3 Å². The smallest absolute Gasteiger partial charge is 0.224 e. The Bertz CT molecular complexity index is 413. The minimum absolute atomic E-state index is 0.0209. The molecule has 0 aliphatic heterocycles. The van der Waals surface area contributed by atoms with E-state index in [-0.39, 0.29) is 11.7 Å². The molecule has 0 spiro atoms. The van der Waals surface area contributed by atoms with Crippen molar-refractivity contribution in [2.75, 3.05) is 6.54 Å². The van der Waals surface area contributed by atoms with Crippen LogP contribution in [0.2, 0.25) is 0 Å². The van der Waals surface area contributed by atoms with Gasteiger partial charge in [-0.15, -0.1) is 0 Å². The molecule has 19 heavy (non-hydrogen) atoms. The molecule has 1 aliphatic carbocycles. The van der Waals surface area contributed by atoms with E-state index in [0.717, 1.165) is 12.1 Å². The number of alkyl halides is 1. The Morgan fingerprint density at radius 1 is 1.21 bits per heavy atom. The lowest BCUT2D eigenvalue weighted by Gasteiger charge is -2.25. The molecule has 2 rings (SSSR count). The number of carbonyl (C=O) groups excluding carboxylic acids is 1. The van der Waals surface area contributed by atoms with Gasteiger partial charge in [-0.3, -0.25) is 4.79 Å². The second-order valence-corrected chi connectivity index (χ2v) is 6.52. The zero-order valence-electron chi connectivity index (χ0n) is 10.9. The van der Waals surface area contributed by atoms with Gasteiger partial charge in [0.1, 0.15) is 5.82 Å². The number of benzene rings is 1. The molecular formula is C15H19BrFNO. The van der Waals surface area contributed by atoms with Crippen LogP contribution in [0, 0.1) is 11.7 Å². The van der Waals surface area contributed by atoms with Gasteiger partial charge in [0.15, 0.2) is 0 Å². The van der Waals surface area contributed by atoms with Gasteiger partial charge >= 0.3 is 0 Å². The van der Waals surface area contributed by atoms with Crippen LogP contribution >= 0.6 is 15.9 Å². The SMILES string of the molecule is O=C(Cc1ccc(F)cc1)NCC1CCC(Br)CC1. The first-order valence-electron chi connectivity index (χ1n) is 6.78. The fraction of sp³-hybridized carbons (Fsp3) is 0.533. The lowest BCUT2D eigenvalue weighted by Crippen LogP contribution is -2.32. The zero-order valence-corrected chi connectivity index (χ0v) is 12.5. The first-order chi connectivity index (χ1) is 9.13. The highest BCUT2D eigenvalue weighted by atomic mass is 79.9. The van der Waals surface area contributed by atoms with Gasteiger partial charge in [-0.2, -0.15) is 0 Å². The van der Waals surface area contributed by atoms with Crippen molar-refractivity contribution in [2.24, 2.45) is 5.92 Å². The molecule has 1 aromatic carbocycles. The standard InChI is InChI=1S/C15H19BrFNO/c16-13-5-1-12(2-6-13)10-18-15(19)9-11-3-7-14(17)8-4-11/h3-4,7-8,12-13H,1-2,5-6,9-10H2,(H,18,19). The van der Waals surface area contributed by atoms with E-state index in [1.54, 1.807) is 12.1 Å². The molecule has 1 aliphatic rings. The molecule has 1 fully saturated rings. The first-order valence-corrected chi connectivity index (χ1v) is 7.70. The van der Waals surface area contributed by atoms with Gasteiger partial charge in [0.2, 0.25) is 5.91 Å². The molecule has 4 heteroatoms. The van der Waals surface area contributed by atoms with E-state index in [1.165, 1.54) is 37.8 Å². The molecule has 104 valence electrons. The topological polar surface area (TPSA) is 29.1 Å². The van der Waals surface area contributed by atoms with Crippen LogP contribution < -0.4 is 5.32 Å². The number of carbonyl (C=O) groups is 1. The maximum Gasteiger partial charge on any atom is 0.224 e. The van der Waals surface area contributed by atoms with Gasteiger partial charge in [-0.1, -0.05) is 28.1 Å². The van der Waals surface area contributed by atoms with Crippen molar-refractivity contribution in [3.05, 3.63) is 35.6 Å². The lowest BCUT2D eigenvalue weighted by atomic mass is 9.89. The van der Waals surface area contributed by atoms with Gasteiger partial charge in [0.05, 0.1) is 6.42 Å². The third-order valence-corrected chi connectivity index (χ3v) is 4.56.